The highest BCUT2D eigenvalue weighted by molar-refractivity contribution is 5.87. The van der Waals surface area contributed by atoms with Crippen LogP contribution in [0.5, 0.6) is 0 Å². The molecular weight excluding hydrogens is 279 g/mol. The first-order chi connectivity index (χ1) is 10.5. The number of nitrogens with zero attached hydrogens (tertiary/aromatic N) is 2. The van der Waals surface area contributed by atoms with Crippen molar-refractivity contribution in [2.24, 2.45) is 0 Å². The van der Waals surface area contributed by atoms with E-state index in [0.717, 1.165) is 24.3 Å². The van der Waals surface area contributed by atoms with Crippen LogP contribution in [0.25, 0.3) is 5.57 Å². The van der Waals surface area contributed by atoms with Crippen molar-refractivity contribution in [3.8, 4) is 0 Å². The van der Waals surface area contributed by atoms with Gasteiger partial charge < -0.3 is 14.5 Å². The van der Waals surface area contributed by atoms with Gasteiger partial charge in [-0.15, -0.1) is 0 Å². The van der Waals surface area contributed by atoms with Crippen molar-refractivity contribution in [3.05, 3.63) is 53.9 Å². The molecule has 1 aromatic rings. The lowest BCUT2D eigenvalue weighted by Crippen LogP contribution is -2.29. The minimum Gasteiger partial charge on any atom is -0.496 e. The summed E-state index contributed by atoms with van der Waals surface area (Å²) in [5.41, 5.74) is 2.42. The van der Waals surface area contributed by atoms with E-state index in [-0.39, 0.29) is 5.83 Å². The zero-order valence-electron chi connectivity index (χ0n) is 13.8. The standard InChI is InChI=1S/C18H24FN2O/c1-20(2)12-13-21(3)16-10-6-5-8-14(16)18-15(19)9-7-11-17(18)22-4/h5-6,8-11H,7,12-13H2,1-4H3. The molecule has 3 nitrogen and oxygen atoms in total. The molecule has 0 unspecified atom stereocenters. The van der Waals surface area contributed by atoms with Gasteiger partial charge in [0.2, 0.25) is 0 Å². The Hall–Kier alpha value is -1.81. The third-order valence-corrected chi connectivity index (χ3v) is 3.77. The summed E-state index contributed by atoms with van der Waals surface area (Å²) >= 11 is 0. The summed E-state index contributed by atoms with van der Waals surface area (Å²) in [6.07, 6.45) is 4.07. The molecule has 119 valence electrons. The second-order valence-corrected chi connectivity index (χ2v) is 5.68. The summed E-state index contributed by atoms with van der Waals surface area (Å²) in [6.45, 7) is 1.81. The van der Waals surface area contributed by atoms with E-state index in [1.54, 1.807) is 13.5 Å². The van der Waals surface area contributed by atoms with Crippen LogP contribution in [-0.2, 0) is 4.74 Å². The summed E-state index contributed by atoms with van der Waals surface area (Å²) in [7, 11) is 7.71. The summed E-state index contributed by atoms with van der Waals surface area (Å²) in [5, 5.41) is 0. The van der Waals surface area contributed by atoms with E-state index >= 15 is 0 Å². The van der Waals surface area contributed by atoms with Crippen molar-refractivity contribution >= 4 is 11.3 Å². The van der Waals surface area contributed by atoms with Crippen molar-refractivity contribution in [2.45, 2.75) is 6.42 Å². The van der Waals surface area contributed by atoms with Crippen LogP contribution in [0.2, 0.25) is 0 Å². The normalized spacial score (nSPS) is 15.1. The van der Waals surface area contributed by atoms with Gasteiger partial charge >= 0.3 is 0 Å². The summed E-state index contributed by atoms with van der Waals surface area (Å²) < 4.78 is 19.8. The summed E-state index contributed by atoms with van der Waals surface area (Å²) in [6, 6.07) is 7.88. The summed E-state index contributed by atoms with van der Waals surface area (Å²) in [5.74, 6) is 0.390. The fourth-order valence-corrected chi connectivity index (χ4v) is 2.53. The SMILES string of the molecule is COC1=CC[CH]C(F)=C1c1ccccc1N(C)CCN(C)C. The number of rotatable bonds is 6. The third kappa shape index (κ3) is 3.69. The smallest absolute Gasteiger partial charge is 0.125 e. The van der Waals surface area contributed by atoms with Gasteiger partial charge in [-0.25, -0.2) is 4.39 Å². The predicted octanol–water partition coefficient (Wildman–Crippen LogP) is 3.50. The lowest BCUT2D eigenvalue weighted by molar-refractivity contribution is 0.307. The maximum Gasteiger partial charge on any atom is 0.125 e. The Bertz CT molecular complexity index is 578. The van der Waals surface area contributed by atoms with Crippen molar-refractivity contribution in [2.75, 3.05) is 46.2 Å². The third-order valence-electron chi connectivity index (χ3n) is 3.77. The number of methoxy groups -OCH3 is 1. The Balaban J connectivity index is 2.38. The first kappa shape index (κ1) is 16.6. The van der Waals surface area contributed by atoms with Crippen LogP contribution >= 0.6 is 0 Å². The van der Waals surface area contributed by atoms with Crippen molar-refractivity contribution in [3.63, 3.8) is 0 Å². The minimum atomic E-state index is -0.215. The number of hydrogen-bond acceptors (Lipinski definition) is 3. The van der Waals surface area contributed by atoms with Crippen molar-refractivity contribution < 1.29 is 9.13 Å². The lowest BCUT2D eigenvalue weighted by Gasteiger charge is -2.26. The molecule has 0 amide bonds. The molecule has 0 spiro atoms. The van der Waals surface area contributed by atoms with Gasteiger partial charge in [0.05, 0.1) is 12.7 Å². The molecule has 0 fully saturated rings. The van der Waals surface area contributed by atoms with Crippen LogP contribution in [0, 0.1) is 6.42 Å². The van der Waals surface area contributed by atoms with E-state index in [1.807, 2.05) is 51.5 Å². The molecule has 0 saturated carbocycles. The highest BCUT2D eigenvalue weighted by atomic mass is 19.1. The molecule has 1 radical (unpaired) electrons. The number of benzene rings is 1. The van der Waals surface area contributed by atoms with Gasteiger partial charge in [0.25, 0.3) is 0 Å². The second-order valence-electron chi connectivity index (χ2n) is 5.68. The lowest BCUT2D eigenvalue weighted by atomic mass is 9.95. The molecule has 22 heavy (non-hydrogen) atoms. The Kier molecular flexibility index (Phi) is 5.61. The topological polar surface area (TPSA) is 15.7 Å². The van der Waals surface area contributed by atoms with E-state index in [4.69, 9.17) is 4.74 Å². The molecule has 1 aromatic carbocycles. The van der Waals surface area contributed by atoms with Gasteiger partial charge in [0, 0.05) is 37.8 Å². The minimum absolute atomic E-state index is 0.215. The number of para-hydroxylation sites is 1. The fourth-order valence-electron chi connectivity index (χ4n) is 2.53. The van der Waals surface area contributed by atoms with E-state index in [1.165, 1.54) is 0 Å². The van der Waals surface area contributed by atoms with Gasteiger partial charge in [-0.2, -0.15) is 0 Å². The molecule has 4 heteroatoms. The zero-order chi connectivity index (χ0) is 16.1. The fraction of sp³-hybridized carbons (Fsp3) is 0.389. The molecule has 0 saturated heterocycles. The van der Waals surface area contributed by atoms with Crippen LogP contribution in [0.3, 0.4) is 0 Å². The molecular formula is C18H24FN2O. The number of halogens is 1. The first-order valence-electron chi connectivity index (χ1n) is 7.47. The Labute approximate surface area is 132 Å². The molecule has 0 aliphatic heterocycles. The van der Waals surface area contributed by atoms with E-state index < -0.39 is 0 Å². The zero-order valence-corrected chi connectivity index (χ0v) is 13.8. The van der Waals surface area contributed by atoms with Crippen LogP contribution in [0.1, 0.15) is 12.0 Å². The Morgan fingerprint density at radius 2 is 1.86 bits per heavy atom. The van der Waals surface area contributed by atoms with Gasteiger partial charge in [-0.05, 0) is 32.7 Å². The predicted molar refractivity (Wildman–Crippen MR) is 90.3 cm³/mol. The van der Waals surface area contributed by atoms with Gasteiger partial charge in [-0.3, -0.25) is 0 Å². The second kappa shape index (κ2) is 7.45. The maximum atomic E-state index is 14.4. The molecule has 0 atom stereocenters. The molecule has 1 aliphatic rings. The number of hydrogen-bond donors (Lipinski definition) is 0. The average molecular weight is 303 g/mol. The first-order valence-corrected chi connectivity index (χ1v) is 7.47. The Morgan fingerprint density at radius 1 is 1.14 bits per heavy atom. The highest BCUT2D eigenvalue weighted by Gasteiger charge is 2.22. The monoisotopic (exact) mass is 303 g/mol. The molecule has 0 N–H and O–H groups in total. The molecule has 1 aliphatic carbocycles. The van der Waals surface area contributed by atoms with Gasteiger partial charge in [0.1, 0.15) is 11.6 Å². The molecule has 0 aromatic heterocycles. The highest BCUT2D eigenvalue weighted by Crippen LogP contribution is 2.38. The average Bonchev–Trinajstić information content (AvgIpc) is 2.52. The maximum absolute atomic E-state index is 14.4. The van der Waals surface area contributed by atoms with Gasteiger partial charge in [0.15, 0.2) is 0 Å². The van der Waals surface area contributed by atoms with Crippen LogP contribution in [0.4, 0.5) is 10.1 Å². The van der Waals surface area contributed by atoms with E-state index in [9.17, 15) is 4.39 Å². The molecule has 0 bridgehead atoms. The Morgan fingerprint density at radius 3 is 2.55 bits per heavy atom. The number of likely N-dealkylation sites (N-methyl/N-ethyl adjacent to an activating group) is 2. The van der Waals surface area contributed by atoms with Crippen molar-refractivity contribution in [1.82, 2.24) is 4.90 Å². The number of ether oxygens (including phenoxy) is 1. The van der Waals surface area contributed by atoms with Crippen LogP contribution < -0.4 is 4.90 Å². The largest absolute Gasteiger partial charge is 0.496 e. The van der Waals surface area contributed by atoms with Crippen LogP contribution in [0.15, 0.2) is 41.9 Å². The van der Waals surface area contributed by atoms with E-state index in [0.29, 0.717) is 17.8 Å². The van der Waals surface area contributed by atoms with Crippen molar-refractivity contribution in [1.29, 1.82) is 0 Å². The van der Waals surface area contributed by atoms with Crippen LogP contribution in [-0.4, -0.2) is 46.2 Å². The molecule has 0 heterocycles. The quantitative estimate of drug-likeness (QED) is 0.800. The molecule has 2 rings (SSSR count). The van der Waals surface area contributed by atoms with Gasteiger partial charge in [-0.1, -0.05) is 18.2 Å². The number of anilines is 1. The summed E-state index contributed by atoms with van der Waals surface area (Å²) in [4.78, 5) is 4.28. The number of allylic oxidation sites excluding steroid dienone is 3. The van der Waals surface area contributed by atoms with E-state index in [2.05, 4.69) is 9.80 Å².